The first-order valence-electron chi connectivity index (χ1n) is 8.50. The summed E-state index contributed by atoms with van der Waals surface area (Å²) in [5.74, 6) is -0.925. The summed E-state index contributed by atoms with van der Waals surface area (Å²) in [6.45, 7) is 3.02. The van der Waals surface area contributed by atoms with E-state index in [1.54, 1.807) is 25.1 Å². The molecular weight excluding hydrogens is 366 g/mol. The van der Waals surface area contributed by atoms with E-state index in [2.05, 4.69) is 16.0 Å². The standard InChI is InChI=1S/C20H22ClN3O3/c1-13-16(21)9-6-10-17(13)24-20(27)12-22-19(26)11-18(23-14(2)25)15-7-4-3-5-8-15/h3-10,18H,11-12H2,1-2H3,(H,22,26)(H,23,25)(H,24,27). The molecule has 0 aliphatic heterocycles. The highest BCUT2D eigenvalue weighted by molar-refractivity contribution is 6.31. The van der Waals surface area contributed by atoms with Crippen LogP contribution in [0.3, 0.4) is 0 Å². The highest BCUT2D eigenvalue weighted by Gasteiger charge is 2.17. The van der Waals surface area contributed by atoms with Crippen molar-refractivity contribution in [2.24, 2.45) is 0 Å². The minimum Gasteiger partial charge on any atom is -0.349 e. The van der Waals surface area contributed by atoms with Crippen LogP contribution < -0.4 is 16.0 Å². The monoisotopic (exact) mass is 387 g/mol. The zero-order valence-corrected chi connectivity index (χ0v) is 16.0. The van der Waals surface area contributed by atoms with Crippen LogP contribution in [-0.2, 0) is 14.4 Å². The summed E-state index contributed by atoms with van der Waals surface area (Å²) in [5.41, 5.74) is 2.18. The maximum absolute atomic E-state index is 12.2. The Balaban J connectivity index is 1.90. The van der Waals surface area contributed by atoms with E-state index in [1.807, 2.05) is 30.3 Å². The molecule has 0 radical (unpaired) electrons. The Labute approximate surface area is 163 Å². The molecule has 27 heavy (non-hydrogen) atoms. The van der Waals surface area contributed by atoms with E-state index in [0.29, 0.717) is 10.7 Å². The molecule has 0 bridgehead atoms. The molecule has 0 fully saturated rings. The topological polar surface area (TPSA) is 87.3 Å². The molecule has 2 aromatic rings. The van der Waals surface area contributed by atoms with Crippen molar-refractivity contribution in [2.75, 3.05) is 11.9 Å². The molecular formula is C20H22ClN3O3. The van der Waals surface area contributed by atoms with Gasteiger partial charge in [0.1, 0.15) is 0 Å². The van der Waals surface area contributed by atoms with E-state index in [1.165, 1.54) is 6.92 Å². The largest absolute Gasteiger partial charge is 0.349 e. The summed E-state index contributed by atoms with van der Waals surface area (Å²) in [7, 11) is 0. The number of nitrogens with one attached hydrogen (secondary N) is 3. The van der Waals surface area contributed by atoms with Crippen molar-refractivity contribution >= 4 is 35.0 Å². The molecule has 0 aliphatic carbocycles. The van der Waals surface area contributed by atoms with Gasteiger partial charge in [0.05, 0.1) is 19.0 Å². The van der Waals surface area contributed by atoms with Crippen LogP contribution in [0.25, 0.3) is 0 Å². The molecule has 1 atom stereocenters. The summed E-state index contributed by atoms with van der Waals surface area (Å²) < 4.78 is 0. The van der Waals surface area contributed by atoms with Crippen molar-refractivity contribution in [3.8, 4) is 0 Å². The van der Waals surface area contributed by atoms with Crippen LogP contribution in [0.15, 0.2) is 48.5 Å². The predicted octanol–water partition coefficient (Wildman–Crippen LogP) is 2.97. The average Bonchev–Trinajstić information content (AvgIpc) is 2.64. The number of carbonyl (C=O) groups is 3. The van der Waals surface area contributed by atoms with Crippen LogP contribution in [0.2, 0.25) is 5.02 Å². The summed E-state index contributed by atoms with van der Waals surface area (Å²) in [4.78, 5) is 35.7. The molecule has 0 aromatic heterocycles. The van der Waals surface area contributed by atoms with Gasteiger partial charge >= 0.3 is 0 Å². The van der Waals surface area contributed by atoms with Crippen molar-refractivity contribution in [1.29, 1.82) is 0 Å². The summed E-state index contributed by atoms with van der Waals surface area (Å²) in [5, 5.41) is 8.60. The Bertz CT molecular complexity index is 824. The number of anilines is 1. The molecule has 7 heteroatoms. The van der Waals surface area contributed by atoms with Crippen LogP contribution in [0.5, 0.6) is 0 Å². The maximum Gasteiger partial charge on any atom is 0.243 e. The number of hydrogen-bond acceptors (Lipinski definition) is 3. The molecule has 0 aliphatic rings. The number of rotatable bonds is 7. The first-order chi connectivity index (χ1) is 12.9. The van der Waals surface area contributed by atoms with E-state index >= 15 is 0 Å². The van der Waals surface area contributed by atoms with E-state index < -0.39 is 6.04 Å². The van der Waals surface area contributed by atoms with Gasteiger partial charge in [-0.3, -0.25) is 14.4 Å². The Morgan fingerprint density at radius 2 is 1.70 bits per heavy atom. The highest BCUT2D eigenvalue weighted by Crippen LogP contribution is 2.22. The molecule has 3 amide bonds. The van der Waals surface area contributed by atoms with Gasteiger partial charge in [-0.25, -0.2) is 0 Å². The maximum atomic E-state index is 12.2. The number of hydrogen-bond donors (Lipinski definition) is 3. The van der Waals surface area contributed by atoms with E-state index in [-0.39, 0.29) is 30.7 Å². The lowest BCUT2D eigenvalue weighted by atomic mass is 10.0. The van der Waals surface area contributed by atoms with Gasteiger partial charge in [-0.2, -0.15) is 0 Å². The molecule has 2 aromatic carbocycles. The van der Waals surface area contributed by atoms with Gasteiger partial charge in [0.2, 0.25) is 17.7 Å². The SMILES string of the molecule is CC(=O)NC(CC(=O)NCC(=O)Nc1cccc(Cl)c1C)c1ccccc1. The lowest BCUT2D eigenvalue weighted by Crippen LogP contribution is -2.36. The lowest BCUT2D eigenvalue weighted by molar-refractivity contribution is -0.125. The fourth-order valence-electron chi connectivity index (χ4n) is 2.56. The summed E-state index contributed by atoms with van der Waals surface area (Å²) in [6.07, 6.45) is 0.0348. The van der Waals surface area contributed by atoms with Crippen molar-refractivity contribution in [1.82, 2.24) is 10.6 Å². The fraction of sp³-hybridized carbons (Fsp3) is 0.250. The highest BCUT2D eigenvalue weighted by atomic mass is 35.5. The Hall–Kier alpha value is -2.86. The second kappa shape index (κ2) is 9.73. The average molecular weight is 388 g/mol. The third kappa shape index (κ3) is 6.42. The smallest absolute Gasteiger partial charge is 0.243 e. The molecule has 0 saturated heterocycles. The molecule has 142 valence electrons. The molecule has 0 saturated carbocycles. The van der Waals surface area contributed by atoms with Gasteiger partial charge in [-0.1, -0.05) is 48.0 Å². The van der Waals surface area contributed by atoms with Gasteiger partial charge in [0, 0.05) is 17.6 Å². The predicted molar refractivity (Wildman–Crippen MR) is 105 cm³/mol. The first kappa shape index (κ1) is 20.5. The number of carbonyl (C=O) groups excluding carboxylic acids is 3. The van der Waals surface area contributed by atoms with E-state index in [9.17, 15) is 14.4 Å². The van der Waals surface area contributed by atoms with Gasteiger partial charge in [0.25, 0.3) is 0 Å². The zero-order chi connectivity index (χ0) is 19.8. The molecule has 0 spiro atoms. The van der Waals surface area contributed by atoms with E-state index in [4.69, 9.17) is 11.6 Å². The van der Waals surface area contributed by atoms with E-state index in [0.717, 1.165) is 11.1 Å². The van der Waals surface area contributed by atoms with Crippen molar-refractivity contribution in [3.05, 3.63) is 64.7 Å². The fourth-order valence-corrected chi connectivity index (χ4v) is 2.73. The Morgan fingerprint density at radius 1 is 1.00 bits per heavy atom. The quantitative estimate of drug-likeness (QED) is 0.682. The Kier molecular flexibility index (Phi) is 7.37. The second-order valence-electron chi connectivity index (χ2n) is 6.11. The molecule has 6 nitrogen and oxygen atoms in total. The van der Waals surface area contributed by atoms with Crippen molar-refractivity contribution in [2.45, 2.75) is 26.3 Å². The van der Waals surface area contributed by atoms with Gasteiger partial charge in [0.15, 0.2) is 0 Å². The molecule has 3 N–H and O–H groups in total. The Morgan fingerprint density at radius 3 is 2.37 bits per heavy atom. The minimum atomic E-state index is -0.457. The second-order valence-corrected chi connectivity index (χ2v) is 6.51. The zero-order valence-electron chi connectivity index (χ0n) is 15.2. The van der Waals surface area contributed by atoms with Crippen LogP contribution in [0, 0.1) is 6.92 Å². The van der Waals surface area contributed by atoms with Crippen molar-refractivity contribution < 1.29 is 14.4 Å². The molecule has 2 rings (SSSR count). The lowest BCUT2D eigenvalue weighted by Gasteiger charge is -2.18. The third-order valence-electron chi connectivity index (χ3n) is 3.96. The number of benzene rings is 2. The molecule has 0 heterocycles. The number of halogens is 1. The first-order valence-corrected chi connectivity index (χ1v) is 8.88. The van der Waals surface area contributed by atoms with Crippen LogP contribution in [0.4, 0.5) is 5.69 Å². The van der Waals surface area contributed by atoms with Gasteiger partial charge < -0.3 is 16.0 Å². The third-order valence-corrected chi connectivity index (χ3v) is 4.37. The van der Waals surface area contributed by atoms with Gasteiger partial charge in [-0.15, -0.1) is 0 Å². The normalized spacial score (nSPS) is 11.4. The van der Waals surface area contributed by atoms with Crippen LogP contribution in [-0.4, -0.2) is 24.3 Å². The summed E-state index contributed by atoms with van der Waals surface area (Å²) in [6, 6.07) is 14.0. The van der Waals surface area contributed by atoms with Crippen LogP contribution in [0.1, 0.15) is 30.5 Å². The number of amides is 3. The van der Waals surface area contributed by atoms with Gasteiger partial charge in [-0.05, 0) is 30.2 Å². The summed E-state index contributed by atoms with van der Waals surface area (Å²) >= 11 is 6.03. The van der Waals surface area contributed by atoms with Crippen molar-refractivity contribution in [3.63, 3.8) is 0 Å². The minimum absolute atomic E-state index is 0.0348. The van der Waals surface area contributed by atoms with Crippen LogP contribution >= 0.6 is 11.6 Å². The molecule has 1 unspecified atom stereocenters.